The molecule has 12 heteroatoms. The zero-order chi connectivity index (χ0) is 30.1. The SMILES string of the molecule is CC.O=c1cc(-c2ccc(O)cc2)oc2cc(OC3CCCC(CO)O3)c(O)c(O)c12.OCC1CC(O)C(O)CO1. The third kappa shape index (κ3) is 8.09. The second-order valence-corrected chi connectivity index (χ2v) is 9.39. The normalized spacial score (nSPS) is 24.0. The molecule has 0 aliphatic carbocycles. The van der Waals surface area contributed by atoms with Crippen LogP contribution in [0, 0.1) is 0 Å². The Bertz CT molecular complexity index is 1310. The topological polar surface area (TPSA) is 200 Å². The summed E-state index contributed by atoms with van der Waals surface area (Å²) in [6.45, 7) is 3.88. The number of fused-ring (bicyclic) bond motifs is 1. The molecule has 0 bridgehead atoms. The van der Waals surface area contributed by atoms with Gasteiger partial charge in [-0.25, -0.2) is 0 Å². The summed E-state index contributed by atoms with van der Waals surface area (Å²) in [5.74, 6) is -1.02. The van der Waals surface area contributed by atoms with Gasteiger partial charge in [0.1, 0.15) is 28.6 Å². The van der Waals surface area contributed by atoms with Crippen LogP contribution in [0.2, 0.25) is 0 Å². The van der Waals surface area contributed by atoms with Gasteiger partial charge >= 0.3 is 0 Å². The van der Waals surface area contributed by atoms with Crippen molar-refractivity contribution in [1.29, 1.82) is 0 Å². The maximum atomic E-state index is 12.5. The molecule has 5 unspecified atom stereocenters. The Morgan fingerprint density at radius 3 is 2.22 bits per heavy atom. The highest BCUT2D eigenvalue weighted by molar-refractivity contribution is 5.89. The van der Waals surface area contributed by atoms with Gasteiger partial charge in [0.25, 0.3) is 0 Å². The van der Waals surface area contributed by atoms with Crippen LogP contribution in [0.15, 0.2) is 45.6 Å². The molecular weight excluding hydrogens is 540 g/mol. The fourth-order valence-electron chi connectivity index (χ4n) is 4.32. The Morgan fingerprint density at radius 1 is 0.902 bits per heavy atom. The monoisotopic (exact) mass is 578 g/mol. The van der Waals surface area contributed by atoms with E-state index < -0.39 is 35.4 Å². The largest absolute Gasteiger partial charge is 0.508 e. The zero-order valence-corrected chi connectivity index (χ0v) is 23.0. The minimum atomic E-state index is -0.789. The standard InChI is InChI=1S/C21H20O8.C6H12O4.C2H6/c22-10-13-2-1-3-18(27-13)29-17-9-16-19(21(26)20(17)25)14(24)8-15(28-16)11-4-6-12(23)7-5-11;7-2-4-1-5(8)6(9)3-10-4;1-2/h4-9,13,18,22-23,25-26H,1-3,10H2;4-9H,1-3H2;1-2H3. The van der Waals surface area contributed by atoms with E-state index in [0.29, 0.717) is 24.8 Å². The summed E-state index contributed by atoms with van der Waals surface area (Å²) < 4.78 is 22.0. The van der Waals surface area contributed by atoms with E-state index in [9.17, 15) is 25.2 Å². The van der Waals surface area contributed by atoms with Gasteiger partial charge in [0.2, 0.25) is 5.75 Å². The summed E-state index contributed by atoms with van der Waals surface area (Å²) >= 11 is 0. The molecule has 12 nitrogen and oxygen atoms in total. The van der Waals surface area contributed by atoms with E-state index in [-0.39, 0.29) is 60.3 Å². The van der Waals surface area contributed by atoms with Crippen molar-refractivity contribution in [2.24, 2.45) is 0 Å². The lowest BCUT2D eigenvalue weighted by Gasteiger charge is -2.29. The second-order valence-electron chi connectivity index (χ2n) is 9.39. The van der Waals surface area contributed by atoms with Gasteiger partial charge in [-0.05, 0) is 37.1 Å². The molecule has 2 aliphatic rings. The molecule has 5 atom stereocenters. The Kier molecular flexibility index (Phi) is 11.8. The Labute approximate surface area is 236 Å². The lowest BCUT2D eigenvalue weighted by Crippen LogP contribution is -2.42. The van der Waals surface area contributed by atoms with Crippen LogP contribution in [0.5, 0.6) is 23.0 Å². The number of aliphatic hydroxyl groups is 4. The second kappa shape index (κ2) is 15.0. The molecule has 41 heavy (non-hydrogen) atoms. The molecule has 2 saturated heterocycles. The van der Waals surface area contributed by atoms with Crippen LogP contribution >= 0.6 is 0 Å². The number of phenolic OH excluding ortho intramolecular Hbond substituents is 3. The van der Waals surface area contributed by atoms with E-state index in [4.69, 9.17) is 33.9 Å². The van der Waals surface area contributed by atoms with Gasteiger partial charge < -0.3 is 54.4 Å². The molecule has 7 N–H and O–H groups in total. The first kappa shape index (κ1) is 32.1. The molecule has 3 heterocycles. The first-order valence-corrected chi connectivity index (χ1v) is 13.5. The average Bonchev–Trinajstić information content (AvgIpc) is 2.98. The van der Waals surface area contributed by atoms with Crippen LogP contribution in [-0.4, -0.2) is 86.3 Å². The van der Waals surface area contributed by atoms with Crippen LogP contribution < -0.4 is 10.2 Å². The lowest BCUT2D eigenvalue weighted by atomic mass is 10.0. The van der Waals surface area contributed by atoms with Crippen LogP contribution in [0.3, 0.4) is 0 Å². The van der Waals surface area contributed by atoms with Gasteiger partial charge in [-0.1, -0.05) is 13.8 Å². The highest BCUT2D eigenvalue weighted by Gasteiger charge is 2.28. The number of hydrogen-bond acceptors (Lipinski definition) is 12. The lowest BCUT2D eigenvalue weighted by molar-refractivity contribution is -0.158. The van der Waals surface area contributed by atoms with Crippen molar-refractivity contribution < 1.29 is 54.4 Å². The van der Waals surface area contributed by atoms with E-state index in [2.05, 4.69) is 0 Å². The summed E-state index contributed by atoms with van der Waals surface area (Å²) in [4.78, 5) is 12.5. The Balaban J connectivity index is 0.000000324. The molecule has 2 aliphatic heterocycles. The van der Waals surface area contributed by atoms with E-state index in [1.54, 1.807) is 12.1 Å². The van der Waals surface area contributed by atoms with E-state index in [1.165, 1.54) is 24.3 Å². The molecule has 1 aromatic heterocycles. The first-order chi connectivity index (χ1) is 19.7. The van der Waals surface area contributed by atoms with Crippen molar-refractivity contribution in [3.05, 3.63) is 46.6 Å². The molecule has 0 radical (unpaired) electrons. The number of aromatic hydroxyl groups is 3. The molecule has 0 saturated carbocycles. The van der Waals surface area contributed by atoms with E-state index >= 15 is 0 Å². The average molecular weight is 579 g/mol. The molecule has 0 amide bonds. The molecular formula is C29H38O12. The number of hydrogen-bond donors (Lipinski definition) is 7. The van der Waals surface area contributed by atoms with Gasteiger partial charge in [-0.3, -0.25) is 4.79 Å². The van der Waals surface area contributed by atoms with Crippen molar-refractivity contribution in [1.82, 2.24) is 0 Å². The van der Waals surface area contributed by atoms with Crippen molar-refractivity contribution in [2.45, 2.75) is 70.2 Å². The Hall–Kier alpha value is -3.39. The molecule has 2 fully saturated rings. The maximum absolute atomic E-state index is 12.5. The fourth-order valence-corrected chi connectivity index (χ4v) is 4.32. The molecule has 2 aromatic carbocycles. The zero-order valence-electron chi connectivity index (χ0n) is 23.0. The molecule has 0 spiro atoms. The van der Waals surface area contributed by atoms with Gasteiger partial charge in [-0.15, -0.1) is 0 Å². The number of aliphatic hydroxyl groups excluding tert-OH is 4. The summed E-state index contributed by atoms with van der Waals surface area (Å²) in [5.41, 5.74) is 0.0431. The molecule has 5 rings (SSSR count). The molecule has 226 valence electrons. The number of rotatable bonds is 5. The van der Waals surface area contributed by atoms with Crippen molar-refractivity contribution in [3.63, 3.8) is 0 Å². The number of phenols is 3. The minimum absolute atomic E-state index is 0.0281. The van der Waals surface area contributed by atoms with Crippen LogP contribution in [0.1, 0.15) is 39.5 Å². The van der Waals surface area contributed by atoms with Gasteiger partial charge in [0, 0.05) is 30.5 Å². The number of ether oxygens (including phenoxy) is 3. The van der Waals surface area contributed by atoms with Crippen molar-refractivity contribution >= 4 is 11.0 Å². The van der Waals surface area contributed by atoms with E-state index in [1.807, 2.05) is 13.8 Å². The number of benzene rings is 2. The smallest absolute Gasteiger partial charge is 0.201 e. The van der Waals surface area contributed by atoms with Crippen LogP contribution in [-0.2, 0) is 9.47 Å². The van der Waals surface area contributed by atoms with Gasteiger partial charge in [0.05, 0.1) is 38.1 Å². The van der Waals surface area contributed by atoms with E-state index in [0.717, 1.165) is 6.42 Å². The van der Waals surface area contributed by atoms with Crippen molar-refractivity contribution in [2.75, 3.05) is 19.8 Å². The van der Waals surface area contributed by atoms with Crippen LogP contribution in [0.25, 0.3) is 22.3 Å². The molecule has 3 aromatic rings. The third-order valence-corrected chi connectivity index (χ3v) is 6.51. The summed E-state index contributed by atoms with van der Waals surface area (Å²) in [7, 11) is 0. The summed E-state index contributed by atoms with van der Waals surface area (Å²) in [6, 6.07) is 8.61. The summed E-state index contributed by atoms with van der Waals surface area (Å²) in [5, 5.41) is 65.7. The first-order valence-electron chi connectivity index (χ1n) is 13.5. The van der Waals surface area contributed by atoms with Crippen molar-refractivity contribution in [3.8, 4) is 34.3 Å². The fraction of sp³-hybridized carbons (Fsp3) is 0.483. The quantitative estimate of drug-likeness (QED) is 0.218. The summed E-state index contributed by atoms with van der Waals surface area (Å²) in [6.07, 6.45) is -0.567. The Morgan fingerprint density at radius 2 is 1.59 bits per heavy atom. The maximum Gasteiger partial charge on any atom is 0.201 e. The highest BCUT2D eigenvalue weighted by Crippen LogP contribution is 2.42. The third-order valence-electron chi connectivity index (χ3n) is 6.51. The highest BCUT2D eigenvalue weighted by atomic mass is 16.7. The predicted octanol–water partition coefficient (Wildman–Crippen LogP) is 2.36. The van der Waals surface area contributed by atoms with Crippen LogP contribution in [0.4, 0.5) is 0 Å². The van der Waals surface area contributed by atoms with Gasteiger partial charge in [-0.2, -0.15) is 0 Å². The predicted molar refractivity (Wildman–Crippen MR) is 148 cm³/mol. The van der Waals surface area contributed by atoms with Gasteiger partial charge in [0.15, 0.2) is 23.2 Å². The minimum Gasteiger partial charge on any atom is -0.508 e.